The number of nitrogens with zero attached hydrogens (tertiary/aromatic N) is 1. The van der Waals surface area contributed by atoms with Crippen LogP contribution in [-0.4, -0.2) is 17.7 Å². The number of amides is 3. The van der Waals surface area contributed by atoms with Crippen LogP contribution >= 0.6 is 0 Å². The van der Waals surface area contributed by atoms with Gasteiger partial charge in [-0.1, -0.05) is 31.2 Å². The van der Waals surface area contributed by atoms with Crippen LogP contribution in [-0.2, 0) is 9.59 Å². The zero-order chi connectivity index (χ0) is 20.7. The van der Waals surface area contributed by atoms with Crippen LogP contribution in [0.1, 0.15) is 47.7 Å². The molecule has 0 bridgehead atoms. The van der Waals surface area contributed by atoms with E-state index in [-0.39, 0.29) is 29.6 Å². The van der Waals surface area contributed by atoms with Crippen molar-refractivity contribution in [2.75, 3.05) is 10.2 Å². The molecular formula is C24H26N2O3. The Bertz CT molecular complexity index is 997. The SMILES string of the molecule is Cc1cccc(NC(=O)c2ccccc2N2C(=O)[C@@H]3CC[C@@H](C)C[C@H]3C2=O)c1C. The summed E-state index contributed by atoms with van der Waals surface area (Å²) < 4.78 is 0. The molecule has 1 aliphatic carbocycles. The predicted octanol–water partition coefficient (Wildman–Crippen LogP) is 4.48. The summed E-state index contributed by atoms with van der Waals surface area (Å²) in [5, 5.41) is 2.94. The average Bonchev–Trinajstić information content (AvgIpc) is 2.95. The standard InChI is InChI=1S/C24H26N2O3/c1-14-11-12-17-19(13-14)24(29)26(23(17)28)21-10-5-4-8-18(21)22(27)25-20-9-6-7-15(2)16(20)3/h4-10,14,17,19H,11-13H2,1-3H3,(H,25,27)/t14-,17-,19-/m1/s1. The number of benzene rings is 2. The molecule has 1 saturated heterocycles. The van der Waals surface area contributed by atoms with Crippen molar-refractivity contribution in [2.45, 2.75) is 40.0 Å². The highest BCUT2D eigenvalue weighted by atomic mass is 16.2. The highest BCUT2D eigenvalue weighted by Crippen LogP contribution is 2.42. The molecule has 29 heavy (non-hydrogen) atoms. The van der Waals surface area contributed by atoms with Gasteiger partial charge in [0.2, 0.25) is 11.8 Å². The molecule has 2 fully saturated rings. The van der Waals surface area contributed by atoms with E-state index in [1.54, 1.807) is 24.3 Å². The van der Waals surface area contributed by atoms with E-state index in [4.69, 9.17) is 0 Å². The van der Waals surface area contributed by atoms with Crippen LogP contribution in [0.25, 0.3) is 0 Å². The molecule has 2 aliphatic rings. The Kier molecular flexibility index (Phi) is 4.99. The lowest BCUT2D eigenvalue weighted by atomic mass is 9.76. The van der Waals surface area contributed by atoms with E-state index in [2.05, 4.69) is 12.2 Å². The molecule has 2 aromatic carbocycles. The van der Waals surface area contributed by atoms with Gasteiger partial charge in [0.05, 0.1) is 23.1 Å². The summed E-state index contributed by atoms with van der Waals surface area (Å²) in [6.45, 7) is 6.07. The molecule has 3 atom stereocenters. The van der Waals surface area contributed by atoms with Crippen molar-refractivity contribution in [2.24, 2.45) is 17.8 Å². The number of rotatable bonds is 3. The molecule has 4 rings (SSSR count). The van der Waals surface area contributed by atoms with E-state index >= 15 is 0 Å². The van der Waals surface area contributed by atoms with Gasteiger partial charge in [0.1, 0.15) is 0 Å². The summed E-state index contributed by atoms with van der Waals surface area (Å²) in [6, 6.07) is 12.6. The number of nitrogens with one attached hydrogen (secondary N) is 1. The first-order chi connectivity index (χ1) is 13.9. The number of hydrogen-bond acceptors (Lipinski definition) is 3. The van der Waals surface area contributed by atoms with E-state index in [9.17, 15) is 14.4 Å². The zero-order valence-electron chi connectivity index (χ0n) is 17.1. The lowest BCUT2D eigenvalue weighted by molar-refractivity contribution is -0.122. The summed E-state index contributed by atoms with van der Waals surface area (Å²) in [5.74, 6) is -0.735. The minimum Gasteiger partial charge on any atom is -0.322 e. The third-order valence-electron chi connectivity index (χ3n) is 6.43. The van der Waals surface area contributed by atoms with Gasteiger partial charge < -0.3 is 5.32 Å². The number of imide groups is 1. The molecule has 3 amide bonds. The normalized spacial score (nSPS) is 23.8. The molecule has 0 aromatic heterocycles. The fraction of sp³-hybridized carbons (Fsp3) is 0.375. The molecule has 150 valence electrons. The van der Waals surface area contributed by atoms with Crippen LogP contribution in [0.4, 0.5) is 11.4 Å². The van der Waals surface area contributed by atoms with Crippen molar-refractivity contribution in [1.82, 2.24) is 0 Å². The number of aryl methyl sites for hydroxylation is 1. The molecule has 1 saturated carbocycles. The number of para-hydroxylation sites is 1. The Hall–Kier alpha value is -2.95. The maximum atomic E-state index is 13.1. The zero-order valence-corrected chi connectivity index (χ0v) is 17.1. The Morgan fingerprint density at radius 3 is 2.48 bits per heavy atom. The molecule has 0 radical (unpaired) electrons. The van der Waals surface area contributed by atoms with E-state index < -0.39 is 0 Å². The Morgan fingerprint density at radius 2 is 1.69 bits per heavy atom. The van der Waals surface area contributed by atoms with Crippen LogP contribution in [0.5, 0.6) is 0 Å². The molecule has 2 aromatic rings. The van der Waals surface area contributed by atoms with Crippen molar-refractivity contribution in [1.29, 1.82) is 0 Å². The Balaban J connectivity index is 1.67. The first-order valence-electron chi connectivity index (χ1n) is 10.2. The smallest absolute Gasteiger partial charge is 0.257 e. The highest BCUT2D eigenvalue weighted by Gasteiger charge is 2.50. The van der Waals surface area contributed by atoms with Crippen LogP contribution in [0.15, 0.2) is 42.5 Å². The van der Waals surface area contributed by atoms with Crippen LogP contribution in [0.2, 0.25) is 0 Å². The molecule has 1 aliphatic heterocycles. The summed E-state index contributed by atoms with van der Waals surface area (Å²) in [7, 11) is 0. The van der Waals surface area contributed by atoms with Crippen molar-refractivity contribution < 1.29 is 14.4 Å². The monoisotopic (exact) mass is 390 g/mol. The van der Waals surface area contributed by atoms with Gasteiger partial charge in [-0.25, -0.2) is 4.90 Å². The lowest BCUT2D eigenvalue weighted by Crippen LogP contribution is -2.33. The highest BCUT2D eigenvalue weighted by molar-refractivity contribution is 6.24. The second kappa shape index (κ2) is 7.47. The second-order valence-corrected chi connectivity index (χ2v) is 8.36. The van der Waals surface area contributed by atoms with Crippen LogP contribution in [0, 0.1) is 31.6 Å². The number of anilines is 2. The van der Waals surface area contributed by atoms with Crippen LogP contribution in [0.3, 0.4) is 0 Å². The predicted molar refractivity (Wildman–Crippen MR) is 113 cm³/mol. The van der Waals surface area contributed by atoms with Gasteiger partial charge in [-0.3, -0.25) is 14.4 Å². The van der Waals surface area contributed by atoms with E-state index in [0.29, 0.717) is 17.2 Å². The minimum atomic E-state index is -0.321. The van der Waals surface area contributed by atoms with E-state index in [1.165, 1.54) is 4.90 Å². The number of carbonyl (C=O) groups excluding carboxylic acids is 3. The number of fused-ring (bicyclic) bond motifs is 1. The quantitative estimate of drug-likeness (QED) is 0.786. The van der Waals surface area contributed by atoms with Crippen molar-refractivity contribution in [3.8, 4) is 0 Å². The van der Waals surface area contributed by atoms with Crippen molar-refractivity contribution in [3.63, 3.8) is 0 Å². The first-order valence-corrected chi connectivity index (χ1v) is 10.2. The van der Waals surface area contributed by atoms with Crippen LogP contribution < -0.4 is 10.2 Å². The maximum Gasteiger partial charge on any atom is 0.257 e. The largest absolute Gasteiger partial charge is 0.322 e. The van der Waals surface area contributed by atoms with Gasteiger partial charge >= 0.3 is 0 Å². The fourth-order valence-corrected chi connectivity index (χ4v) is 4.56. The first kappa shape index (κ1) is 19.4. The van der Waals surface area contributed by atoms with Crippen molar-refractivity contribution >= 4 is 29.1 Å². The Labute approximate surface area is 171 Å². The van der Waals surface area contributed by atoms with Crippen molar-refractivity contribution in [3.05, 3.63) is 59.2 Å². The van der Waals surface area contributed by atoms with Gasteiger partial charge in [-0.2, -0.15) is 0 Å². The summed E-state index contributed by atoms with van der Waals surface area (Å²) in [5.41, 5.74) is 3.52. The maximum absolute atomic E-state index is 13.1. The molecular weight excluding hydrogens is 364 g/mol. The van der Waals surface area contributed by atoms with Gasteiger partial charge in [0.25, 0.3) is 5.91 Å². The molecule has 5 nitrogen and oxygen atoms in total. The second-order valence-electron chi connectivity index (χ2n) is 8.36. The van der Waals surface area contributed by atoms with Gasteiger partial charge in [-0.05, 0) is 68.4 Å². The number of hydrogen-bond donors (Lipinski definition) is 1. The van der Waals surface area contributed by atoms with Gasteiger partial charge in [0, 0.05) is 5.69 Å². The Morgan fingerprint density at radius 1 is 0.966 bits per heavy atom. The van der Waals surface area contributed by atoms with Gasteiger partial charge in [0.15, 0.2) is 0 Å². The molecule has 5 heteroatoms. The summed E-state index contributed by atoms with van der Waals surface area (Å²) in [6.07, 6.45) is 2.44. The summed E-state index contributed by atoms with van der Waals surface area (Å²) in [4.78, 5) is 40.5. The third-order valence-corrected chi connectivity index (χ3v) is 6.43. The number of carbonyl (C=O) groups is 3. The molecule has 1 N–H and O–H groups in total. The molecule has 0 unspecified atom stereocenters. The molecule has 0 spiro atoms. The lowest BCUT2D eigenvalue weighted by Gasteiger charge is -2.25. The molecule has 1 heterocycles. The average molecular weight is 390 g/mol. The van der Waals surface area contributed by atoms with E-state index in [0.717, 1.165) is 36.1 Å². The third kappa shape index (κ3) is 3.35. The summed E-state index contributed by atoms with van der Waals surface area (Å²) >= 11 is 0. The van der Waals surface area contributed by atoms with E-state index in [1.807, 2.05) is 32.0 Å². The fourth-order valence-electron chi connectivity index (χ4n) is 4.56. The topological polar surface area (TPSA) is 66.5 Å². The minimum absolute atomic E-state index is 0.168. The van der Waals surface area contributed by atoms with Gasteiger partial charge in [-0.15, -0.1) is 0 Å².